The second-order valence-electron chi connectivity index (χ2n) is 5.30. The van der Waals surface area contributed by atoms with E-state index < -0.39 is 10.0 Å². The molecule has 0 saturated heterocycles. The molecule has 3 nitrogen and oxygen atoms in total. The molecule has 1 N–H and O–H groups in total. The van der Waals surface area contributed by atoms with Gasteiger partial charge in [0, 0.05) is 11.1 Å². The van der Waals surface area contributed by atoms with E-state index >= 15 is 0 Å². The molecule has 21 heavy (non-hydrogen) atoms. The summed E-state index contributed by atoms with van der Waals surface area (Å²) in [5, 5.41) is 0.417. The first-order chi connectivity index (χ1) is 10.1. The van der Waals surface area contributed by atoms with Gasteiger partial charge in [-0.2, -0.15) is 0 Å². The normalized spacial score (nSPS) is 16.6. The van der Waals surface area contributed by atoms with Gasteiger partial charge in [0.1, 0.15) is 0 Å². The monoisotopic (exact) mass is 321 g/mol. The molecule has 1 saturated carbocycles. The van der Waals surface area contributed by atoms with Crippen molar-refractivity contribution in [2.24, 2.45) is 5.92 Å². The molecule has 110 valence electrons. The lowest BCUT2D eigenvalue weighted by atomic mass is 10.0. The third-order valence-corrected chi connectivity index (χ3v) is 5.31. The first kappa shape index (κ1) is 14.6. The fourth-order valence-corrected chi connectivity index (χ4v) is 3.99. The summed E-state index contributed by atoms with van der Waals surface area (Å²) in [5.41, 5.74) is 1.01. The summed E-state index contributed by atoms with van der Waals surface area (Å²) < 4.78 is 27.9. The minimum atomic E-state index is -3.57. The summed E-state index contributed by atoms with van der Waals surface area (Å²) in [7, 11) is -3.57. The zero-order valence-corrected chi connectivity index (χ0v) is 12.9. The third kappa shape index (κ3) is 3.46. The second kappa shape index (κ2) is 5.79. The number of halogens is 1. The van der Waals surface area contributed by atoms with Crippen molar-refractivity contribution in [3.63, 3.8) is 0 Å². The standard InChI is InChI=1S/C16H16ClNO2S/c17-14-7-4-8-15(11-14)21(19,20)18-16(13-9-10-13)12-5-2-1-3-6-12/h1-8,11,13,16,18H,9-10H2. The quantitative estimate of drug-likeness (QED) is 0.911. The smallest absolute Gasteiger partial charge is 0.207 e. The predicted octanol–water partition coefficient (Wildman–Crippen LogP) is 3.77. The molecule has 0 bridgehead atoms. The van der Waals surface area contributed by atoms with Crippen LogP contribution in [0.3, 0.4) is 0 Å². The molecule has 1 fully saturated rings. The SMILES string of the molecule is O=S(=O)(NC(c1ccccc1)C1CC1)c1cccc(Cl)c1. The molecular weight excluding hydrogens is 306 g/mol. The van der Waals surface area contributed by atoms with Crippen LogP contribution in [0.1, 0.15) is 24.4 Å². The van der Waals surface area contributed by atoms with E-state index in [0.29, 0.717) is 10.9 Å². The van der Waals surface area contributed by atoms with Crippen molar-refractivity contribution in [2.75, 3.05) is 0 Å². The average Bonchev–Trinajstić information content (AvgIpc) is 3.30. The second-order valence-corrected chi connectivity index (χ2v) is 7.45. The van der Waals surface area contributed by atoms with E-state index in [4.69, 9.17) is 11.6 Å². The molecular formula is C16H16ClNO2S. The van der Waals surface area contributed by atoms with E-state index in [1.807, 2.05) is 30.3 Å². The number of nitrogens with one attached hydrogen (secondary N) is 1. The van der Waals surface area contributed by atoms with Gasteiger partial charge in [0.15, 0.2) is 0 Å². The topological polar surface area (TPSA) is 46.2 Å². The molecule has 0 heterocycles. The summed E-state index contributed by atoms with van der Waals surface area (Å²) in [6.45, 7) is 0. The Hall–Kier alpha value is -1.36. The van der Waals surface area contributed by atoms with E-state index in [1.54, 1.807) is 18.2 Å². The molecule has 0 radical (unpaired) electrons. The molecule has 3 rings (SSSR count). The van der Waals surface area contributed by atoms with Crippen LogP contribution in [0.25, 0.3) is 0 Å². The molecule has 0 amide bonds. The maximum Gasteiger partial charge on any atom is 0.241 e. The first-order valence-corrected chi connectivity index (χ1v) is 8.75. The van der Waals surface area contributed by atoms with Crippen LogP contribution in [0, 0.1) is 5.92 Å². The number of hydrogen-bond acceptors (Lipinski definition) is 2. The zero-order valence-electron chi connectivity index (χ0n) is 11.4. The number of rotatable bonds is 5. The van der Waals surface area contributed by atoms with Crippen molar-refractivity contribution < 1.29 is 8.42 Å². The van der Waals surface area contributed by atoms with Gasteiger partial charge in [-0.1, -0.05) is 48.0 Å². The Morgan fingerprint density at radius 2 is 1.76 bits per heavy atom. The maximum atomic E-state index is 12.5. The molecule has 5 heteroatoms. The van der Waals surface area contributed by atoms with Crippen LogP contribution in [0.2, 0.25) is 5.02 Å². The van der Waals surface area contributed by atoms with Gasteiger partial charge in [0.2, 0.25) is 10.0 Å². The highest BCUT2D eigenvalue weighted by atomic mass is 35.5. The minimum absolute atomic E-state index is 0.171. The number of benzene rings is 2. The highest BCUT2D eigenvalue weighted by Gasteiger charge is 2.35. The Morgan fingerprint density at radius 3 is 2.38 bits per heavy atom. The summed E-state index contributed by atoms with van der Waals surface area (Å²) in [5.74, 6) is 0.376. The summed E-state index contributed by atoms with van der Waals surface area (Å²) in [6.07, 6.45) is 2.11. The zero-order chi connectivity index (χ0) is 14.9. The predicted molar refractivity (Wildman–Crippen MR) is 83.7 cm³/mol. The van der Waals surface area contributed by atoms with Gasteiger partial charge in [-0.3, -0.25) is 0 Å². The first-order valence-electron chi connectivity index (χ1n) is 6.89. The fraction of sp³-hybridized carbons (Fsp3) is 0.250. The van der Waals surface area contributed by atoms with Crippen LogP contribution in [0.15, 0.2) is 59.5 Å². The van der Waals surface area contributed by atoms with Crippen LogP contribution in [-0.4, -0.2) is 8.42 Å². The largest absolute Gasteiger partial charge is 0.241 e. The van der Waals surface area contributed by atoms with Crippen molar-refractivity contribution in [1.29, 1.82) is 0 Å². The van der Waals surface area contributed by atoms with Crippen LogP contribution in [0.5, 0.6) is 0 Å². The van der Waals surface area contributed by atoms with Crippen molar-refractivity contribution in [2.45, 2.75) is 23.8 Å². The Bertz CT molecular complexity index is 727. The van der Waals surface area contributed by atoms with Crippen molar-refractivity contribution in [1.82, 2.24) is 4.72 Å². The van der Waals surface area contributed by atoms with Gasteiger partial charge in [-0.05, 0) is 42.5 Å². The summed E-state index contributed by atoms with van der Waals surface area (Å²) in [6, 6.07) is 15.9. The Morgan fingerprint density at radius 1 is 1.05 bits per heavy atom. The van der Waals surface area contributed by atoms with E-state index in [-0.39, 0.29) is 10.9 Å². The molecule has 1 aliphatic rings. The Balaban J connectivity index is 1.89. The van der Waals surface area contributed by atoms with Crippen LogP contribution in [0.4, 0.5) is 0 Å². The number of hydrogen-bond donors (Lipinski definition) is 1. The van der Waals surface area contributed by atoms with E-state index in [2.05, 4.69) is 4.72 Å². The van der Waals surface area contributed by atoms with Crippen molar-refractivity contribution in [3.8, 4) is 0 Å². The van der Waals surface area contributed by atoms with Crippen LogP contribution < -0.4 is 4.72 Å². The van der Waals surface area contributed by atoms with E-state index in [9.17, 15) is 8.42 Å². The molecule has 1 atom stereocenters. The van der Waals surface area contributed by atoms with E-state index in [1.165, 1.54) is 6.07 Å². The maximum absolute atomic E-state index is 12.5. The third-order valence-electron chi connectivity index (χ3n) is 3.64. The molecule has 2 aromatic carbocycles. The van der Waals surface area contributed by atoms with Crippen molar-refractivity contribution in [3.05, 3.63) is 65.2 Å². The van der Waals surface area contributed by atoms with Gasteiger partial charge < -0.3 is 0 Å². The van der Waals surface area contributed by atoms with Crippen LogP contribution in [-0.2, 0) is 10.0 Å². The average molecular weight is 322 g/mol. The van der Waals surface area contributed by atoms with Gasteiger partial charge in [-0.25, -0.2) is 13.1 Å². The summed E-state index contributed by atoms with van der Waals surface area (Å²) in [4.78, 5) is 0.205. The van der Waals surface area contributed by atoms with Gasteiger partial charge in [0.05, 0.1) is 4.90 Å². The molecule has 0 spiro atoms. The summed E-state index contributed by atoms with van der Waals surface area (Å²) >= 11 is 5.89. The van der Waals surface area contributed by atoms with Crippen molar-refractivity contribution >= 4 is 21.6 Å². The Kier molecular flexibility index (Phi) is 4.02. The lowest BCUT2D eigenvalue weighted by molar-refractivity contribution is 0.529. The van der Waals surface area contributed by atoms with Gasteiger partial charge in [0.25, 0.3) is 0 Å². The molecule has 2 aromatic rings. The fourth-order valence-electron chi connectivity index (χ4n) is 2.40. The number of sulfonamides is 1. The molecule has 0 aliphatic heterocycles. The molecule has 1 aliphatic carbocycles. The molecule has 0 aromatic heterocycles. The lowest BCUT2D eigenvalue weighted by Gasteiger charge is -2.19. The van der Waals surface area contributed by atoms with Gasteiger partial charge >= 0.3 is 0 Å². The highest BCUT2D eigenvalue weighted by molar-refractivity contribution is 7.89. The molecule has 1 unspecified atom stereocenters. The Labute approximate surface area is 130 Å². The van der Waals surface area contributed by atoms with Crippen LogP contribution >= 0.6 is 11.6 Å². The minimum Gasteiger partial charge on any atom is -0.207 e. The lowest BCUT2D eigenvalue weighted by Crippen LogP contribution is -2.30. The van der Waals surface area contributed by atoms with Gasteiger partial charge in [-0.15, -0.1) is 0 Å². The highest BCUT2D eigenvalue weighted by Crippen LogP contribution is 2.41. The van der Waals surface area contributed by atoms with E-state index in [0.717, 1.165) is 18.4 Å².